The molecule has 0 aromatic carbocycles. The van der Waals surface area contributed by atoms with Crippen LogP contribution in [0.25, 0.3) is 0 Å². The van der Waals surface area contributed by atoms with Crippen LogP contribution in [0.4, 0.5) is 8.78 Å². The maximum absolute atomic E-state index is 13.2. The average molecular weight is 207 g/mol. The van der Waals surface area contributed by atoms with E-state index < -0.39 is 12.0 Å². The fourth-order valence-corrected chi connectivity index (χ4v) is 1.96. The van der Waals surface area contributed by atoms with Gasteiger partial charge in [0.1, 0.15) is 11.2 Å². The highest BCUT2D eigenvalue weighted by Gasteiger charge is 2.45. The second-order valence-electron chi connectivity index (χ2n) is 3.27. The molecule has 1 unspecified atom stereocenters. The molecule has 5 heteroatoms. The van der Waals surface area contributed by atoms with E-state index in [1.807, 2.05) is 0 Å². The molecule has 0 saturated heterocycles. The second-order valence-corrected chi connectivity index (χ2v) is 3.65. The van der Waals surface area contributed by atoms with E-state index >= 15 is 0 Å². The van der Waals surface area contributed by atoms with Gasteiger partial charge >= 0.3 is 0 Å². The predicted molar refractivity (Wildman–Crippen MR) is 45.1 cm³/mol. The molecule has 0 radical (unpaired) electrons. The number of aromatic nitrogens is 2. The lowest BCUT2D eigenvalue weighted by Crippen LogP contribution is -2.25. The number of nitrogens with zero attached hydrogens (tertiary/aromatic N) is 2. The van der Waals surface area contributed by atoms with Crippen molar-refractivity contribution in [1.82, 2.24) is 9.78 Å². The Morgan fingerprint density at radius 1 is 1.62 bits per heavy atom. The Bertz CT molecular complexity index is 311. The zero-order valence-electron chi connectivity index (χ0n) is 6.88. The number of rotatable bonds is 1. The molecule has 1 aromatic heterocycles. The van der Waals surface area contributed by atoms with Crippen molar-refractivity contribution in [3.8, 4) is 0 Å². The zero-order valence-corrected chi connectivity index (χ0v) is 7.64. The van der Waals surface area contributed by atoms with Gasteiger partial charge < -0.3 is 0 Å². The van der Waals surface area contributed by atoms with E-state index in [2.05, 4.69) is 5.10 Å². The third kappa shape index (κ3) is 1.43. The van der Waals surface area contributed by atoms with Crippen LogP contribution in [0, 0.1) is 0 Å². The lowest BCUT2D eigenvalue weighted by molar-refractivity contribution is -0.0342. The van der Waals surface area contributed by atoms with E-state index in [0.717, 1.165) is 0 Å². The molecule has 2 rings (SSSR count). The molecule has 0 spiro atoms. The molecule has 1 aliphatic rings. The van der Waals surface area contributed by atoms with Crippen molar-refractivity contribution in [2.24, 2.45) is 0 Å². The summed E-state index contributed by atoms with van der Waals surface area (Å²) in [4.78, 5) is 0. The third-order valence-corrected chi connectivity index (χ3v) is 2.69. The summed E-state index contributed by atoms with van der Waals surface area (Å²) in [5.41, 5.74) is 0. The largest absolute Gasteiger partial charge is 0.270 e. The van der Waals surface area contributed by atoms with Crippen molar-refractivity contribution in [3.05, 3.63) is 17.4 Å². The number of hydrogen-bond donors (Lipinski definition) is 0. The standard InChI is InChI=1S/C8H9ClF2N2/c9-7-3-5-12-13(7)6-2-1-4-8(6,10)11/h3,5-6H,1-2,4H2. The Kier molecular flexibility index (Phi) is 2.02. The van der Waals surface area contributed by atoms with Crippen LogP contribution in [0.3, 0.4) is 0 Å². The Morgan fingerprint density at radius 3 is 2.85 bits per heavy atom. The molecule has 0 bridgehead atoms. The first-order chi connectivity index (χ1) is 6.11. The van der Waals surface area contributed by atoms with E-state index in [1.165, 1.54) is 16.9 Å². The minimum absolute atomic E-state index is 0.0617. The fraction of sp³-hybridized carbons (Fsp3) is 0.625. The third-order valence-electron chi connectivity index (χ3n) is 2.39. The van der Waals surface area contributed by atoms with Crippen LogP contribution in [0.15, 0.2) is 12.3 Å². The summed E-state index contributed by atoms with van der Waals surface area (Å²) < 4.78 is 27.7. The zero-order chi connectivity index (χ0) is 9.47. The molecule has 0 N–H and O–H groups in total. The Labute approximate surface area is 79.5 Å². The fourth-order valence-electron chi connectivity index (χ4n) is 1.74. The predicted octanol–water partition coefficient (Wildman–Crippen LogP) is 2.90. The van der Waals surface area contributed by atoms with Crippen LogP contribution in [-0.4, -0.2) is 15.7 Å². The van der Waals surface area contributed by atoms with Crippen molar-refractivity contribution >= 4 is 11.6 Å². The van der Waals surface area contributed by atoms with Gasteiger partial charge in [0.25, 0.3) is 5.92 Å². The van der Waals surface area contributed by atoms with Crippen LogP contribution in [0.1, 0.15) is 25.3 Å². The summed E-state index contributed by atoms with van der Waals surface area (Å²) in [6, 6.07) is 0.672. The van der Waals surface area contributed by atoms with E-state index in [9.17, 15) is 8.78 Å². The van der Waals surface area contributed by atoms with Crippen LogP contribution in [0.5, 0.6) is 0 Å². The SMILES string of the molecule is FC1(F)CCCC1n1nccc1Cl. The average Bonchev–Trinajstić information content (AvgIpc) is 2.56. The lowest BCUT2D eigenvalue weighted by Gasteiger charge is -2.19. The molecular formula is C8H9ClF2N2. The first kappa shape index (κ1) is 8.94. The maximum atomic E-state index is 13.2. The summed E-state index contributed by atoms with van der Waals surface area (Å²) >= 11 is 5.71. The highest BCUT2D eigenvalue weighted by molar-refractivity contribution is 6.29. The number of alkyl halides is 2. The van der Waals surface area contributed by atoms with Gasteiger partial charge in [-0.2, -0.15) is 5.10 Å². The van der Waals surface area contributed by atoms with Gasteiger partial charge in [-0.1, -0.05) is 11.6 Å². The van der Waals surface area contributed by atoms with E-state index in [0.29, 0.717) is 12.8 Å². The van der Waals surface area contributed by atoms with Crippen molar-refractivity contribution in [2.45, 2.75) is 31.2 Å². The van der Waals surface area contributed by atoms with Gasteiger partial charge in [-0.15, -0.1) is 0 Å². The Morgan fingerprint density at radius 2 is 2.38 bits per heavy atom. The Balaban J connectivity index is 2.31. The molecule has 2 nitrogen and oxygen atoms in total. The van der Waals surface area contributed by atoms with Crippen LogP contribution in [-0.2, 0) is 0 Å². The highest BCUT2D eigenvalue weighted by Crippen LogP contribution is 2.44. The number of hydrogen-bond acceptors (Lipinski definition) is 1. The number of halogens is 3. The maximum Gasteiger partial charge on any atom is 0.270 e. The minimum Gasteiger partial charge on any atom is -0.245 e. The molecule has 0 aliphatic heterocycles. The molecule has 1 atom stereocenters. The smallest absolute Gasteiger partial charge is 0.245 e. The molecule has 0 amide bonds. The quantitative estimate of drug-likeness (QED) is 0.691. The summed E-state index contributed by atoms with van der Waals surface area (Å²) in [5, 5.41) is 4.08. The summed E-state index contributed by atoms with van der Waals surface area (Å²) in [6.07, 6.45) is 2.37. The van der Waals surface area contributed by atoms with Gasteiger partial charge in [-0.05, 0) is 18.9 Å². The van der Waals surface area contributed by atoms with Gasteiger partial charge in [0.2, 0.25) is 0 Å². The minimum atomic E-state index is -2.66. The molecule has 1 saturated carbocycles. The lowest BCUT2D eigenvalue weighted by atomic mass is 10.2. The molecule has 1 aliphatic carbocycles. The first-order valence-corrected chi connectivity index (χ1v) is 4.56. The van der Waals surface area contributed by atoms with Crippen molar-refractivity contribution in [1.29, 1.82) is 0 Å². The second kappa shape index (κ2) is 2.94. The van der Waals surface area contributed by atoms with Gasteiger partial charge in [0, 0.05) is 6.42 Å². The van der Waals surface area contributed by atoms with Crippen LogP contribution >= 0.6 is 11.6 Å². The van der Waals surface area contributed by atoms with E-state index in [-0.39, 0.29) is 11.6 Å². The summed E-state index contributed by atoms with van der Waals surface area (Å²) in [7, 11) is 0. The topological polar surface area (TPSA) is 17.8 Å². The van der Waals surface area contributed by atoms with Crippen molar-refractivity contribution in [2.75, 3.05) is 0 Å². The van der Waals surface area contributed by atoms with Crippen molar-refractivity contribution in [3.63, 3.8) is 0 Å². The van der Waals surface area contributed by atoms with Crippen LogP contribution in [0.2, 0.25) is 5.15 Å². The summed E-state index contributed by atoms with van der Waals surface area (Å²) in [5.74, 6) is -2.66. The highest BCUT2D eigenvalue weighted by atomic mass is 35.5. The molecule has 72 valence electrons. The molecular weight excluding hydrogens is 198 g/mol. The Hall–Kier alpha value is -0.640. The summed E-state index contributed by atoms with van der Waals surface area (Å²) in [6.45, 7) is 0. The molecule has 13 heavy (non-hydrogen) atoms. The first-order valence-electron chi connectivity index (χ1n) is 4.18. The molecule has 1 heterocycles. The van der Waals surface area contributed by atoms with Gasteiger partial charge in [0.05, 0.1) is 6.20 Å². The van der Waals surface area contributed by atoms with Gasteiger partial charge in [-0.25, -0.2) is 13.5 Å². The molecule has 1 fully saturated rings. The van der Waals surface area contributed by atoms with Crippen LogP contribution < -0.4 is 0 Å². The normalized spacial score (nSPS) is 26.5. The van der Waals surface area contributed by atoms with E-state index in [1.54, 1.807) is 0 Å². The van der Waals surface area contributed by atoms with Gasteiger partial charge in [0.15, 0.2) is 0 Å². The van der Waals surface area contributed by atoms with Crippen molar-refractivity contribution < 1.29 is 8.78 Å². The monoisotopic (exact) mass is 206 g/mol. The van der Waals surface area contributed by atoms with E-state index in [4.69, 9.17) is 11.6 Å². The molecule has 1 aromatic rings. The van der Waals surface area contributed by atoms with Gasteiger partial charge in [-0.3, -0.25) is 0 Å².